The Labute approximate surface area is 143 Å². The Morgan fingerprint density at radius 1 is 1.30 bits per heavy atom. The SMILES string of the molecule is Cc1cnc2c(S(=O)(=O)N3CCNC(C)C3C)cccc2c1.Cl. The fourth-order valence-corrected chi connectivity index (χ4v) is 4.81. The van der Waals surface area contributed by atoms with E-state index in [2.05, 4.69) is 10.3 Å². The average Bonchev–Trinajstić information content (AvgIpc) is 2.48. The molecule has 1 N–H and O–H groups in total. The van der Waals surface area contributed by atoms with Crippen LogP contribution in [0.2, 0.25) is 0 Å². The Balaban J connectivity index is 0.00000192. The number of para-hydroxylation sites is 1. The van der Waals surface area contributed by atoms with Crippen molar-refractivity contribution in [1.82, 2.24) is 14.6 Å². The van der Waals surface area contributed by atoms with Gasteiger partial charge in [0.05, 0.1) is 5.52 Å². The molecule has 1 aromatic carbocycles. The van der Waals surface area contributed by atoms with Gasteiger partial charge in [-0.15, -0.1) is 12.4 Å². The Morgan fingerprint density at radius 3 is 2.78 bits per heavy atom. The summed E-state index contributed by atoms with van der Waals surface area (Å²) in [5.41, 5.74) is 1.57. The molecule has 7 heteroatoms. The van der Waals surface area contributed by atoms with E-state index in [1.807, 2.05) is 32.9 Å². The third kappa shape index (κ3) is 3.21. The van der Waals surface area contributed by atoms with E-state index in [-0.39, 0.29) is 24.5 Å². The van der Waals surface area contributed by atoms with Crippen LogP contribution in [-0.4, -0.2) is 42.9 Å². The van der Waals surface area contributed by atoms with E-state index in [4.69, 9.17) is 0 Å². The standard InChI is InChI=1S/C16H21N3O2S.ClH/c1-11-9-14-5-4-6-15(16(14)18-10-11)22(20,21)19-8-7-17-12(2)13(19)3;/h4-6,9-10,12-13,17H,7-8H2,1-3H3;1H. The van der Waals surface area contributed by atoms with Crippen LogP contribution in [0.1, 0.15) is 19.4 Å². The van der Waals surface area contributed by atoms with Crippen LogP contribution in [0.15, 0.2) is 35.4 Å². The van der Waals surface area contributed by atoms with E-state index in [9.17, 15) is 8.42 Å². The van der Waals surface area contributed by atoms with Gasteiger partial charge in [0.25, 0.3) is 0 Å². The van der Waals surface area contributed by atoms with E-state index in [0.29, 0.717) is 23.5 Å². The number of pyridine rings is 1. The van der Waals surface area contributed by atoms with Crippen molar-refractivity contribution in [3.63, 3.8) is 0 Å². The highest BCUT2D eigenvalue weighted by atomic mass is 35.5. The molecule has 2 aromatic rings. The number of hydrogen-bond acceptors (Lipinski definition) is 4. The average molecular weight is 356 g/mol. The van der Waals surface area contributed by atoms with Crippen LogP contribution in [0.25, 0.3) is 10.9 Å². The second kappa shape index (κ2) is 6.73. The molecule has 0 aliphatic carbocycles. The lowest BCUT2D eigenvalue weighted by molar-refractivity contribution is 0.233. The highest BCUT2D eigenvalue weighted by Gasteiger charge is 2.35. The third-order valence-electron chi connectivity index (χ3n) is 4.37. The van der Waals surface area contributed by atoms with E-state index >= 15 is 0 Å². The maximum atomic E-state index is 13.1. The fraction of sp³-hybridized carbons (Fsp3) is 0.438. The van der Waals surface area contributed by atoms with E-state index in [1.54, 1.807) is 22.6 Å². The number of aryl methyl sites for hydroxylation is 1. The molecule has 0 bridgehead atoms. The van der Waals surface area contributed by atoms with Gasteiger partial charge in [0, 0.05) is 36.8 Å². The maximum absolute atomic E-state index is 13.1. The first kappa shape index (κ1) is 18.1. The maximum Gasteiger partial charge on any atom is 0.245 e. The molecule has 1 aliphatic heterocycles. The van der Waals surface area contributed by atoms with Gasteiger partial charge in [0.1, 0.15) is 4.90 Å². The number of piperazine rings is 1. The van der Waals surface area contributed by atoms with Gasteiger partial charge in [0.2, 0.25) is 10.0 Å². The Bertz CT molecular complexity index is 810. The van der Waals surface area contributed by atoms with Crippen molar-refractivity contribution in [3.8, 4) is 0 Å². The minimum Gasteiger partial charge on any atom is -0.311 e. The topological polar surface area (TPSA) is 62.3 Å². The number of hydrogen-bond donors (Lipinski definition) is 1. The smallest absolute Gasteiger partial charge is 0.245 e. The van der Waals surface area contributed by atoms with Crippen molar-refractivity contribution < 1.29 is 8.42 Å². The van der Waals surface area contributed by atoms with Crippen LogP contribution in [0, 0.1) is 6.92 Å². The summed E-state index contributed by atoms with van der Waals surface area (Å²) < 4.78 is 27.8. The first-order valence-corrected chi connectivity index (χ1v) is 8.96. The number of nitrogens with zero attached hydrogens (tertiary/aromatic N) is 2. The molecule has 1 fully saturated rings. The Morgan fingerprint density at radius 2 is 2.04 bits per heavy atom. The van der Waals surface area contributed by atoms with Crippen LogP contribution in [0.5, 0.6) is 0 Å². The van der Waals surface area contributed by atoms with Gasteiger partial charge in [-0.25, -0.2) is 8.42 Å². The molecule has 126 valence electrons. The Hall–Kier alpha value is -1.21. The number of nitrogens with one attached hydrogen (secondary N) is 1. The molecule has 1 aliphatic rings. The van der Waals surface area contributed by atoms with Crippen molar-refractivity contribution in [2.45, 2.75) is 37.8 Å². The molecule has 2 unspecified atom stereocenters. The van der Waals surface area contributed by atoms with Crippen LogP contribution >= 0.6 is 12.4 Å². The number of aromatic nitrogens is 1. The van der Waals surface area contributed by atoms with Gasteiger partial charge in [-0.3, -0.25) is 4.98 Å². The molecule has 0 spiro atoms. The van der Waals surface area contributed by atoms with Gasteiger partial charge in [-0.05, 0) is 38.5 Å². The second-order valence-electron chi connectivity index (χ2n) is 5.94. The summed E-state index contributed by atoms with van der Waals surface area (Å²) in [7, 11) is -3.55. The molecule has 1 saturated heterocycles. The highest BCUT2D eigenvalue weighted by Crippen LogP contribution is 2.27. The summed E-state index contributed by atoms with van der Waals surface area (Å²) in [5, 5.41) is 4.17. The van der Waals surface area contributed by atoms with Crippen molar-refractivity contribution >= 4 is 33.3 Å². The second-order valence-corrected chi connectivity index (χ2v) is 7.80. The zero-order valence-electron chi connectivity index (χ0n) is 13.5. The quantitative estimate of drug-likeness (QED) is 0.898. The lowest BCUT2D eigenvalue weighted by Crippen LogP contribution is -2.57. The van der Waals surface area contributed by atoms with Gasteiger partial charge < -0.3 is 5.32 Å². The first-order chi connectivity index (χ1) is 10.4. The molecule has 2 atom stereocenters. The summed E-state index contributed by atoms with van der Waals surface area (Å²) in [5.74, 6) is 0. The summed E-state index contributed by atoms with van der Waals surface area (Å²) >= 11 is 0. The lowest BCUT2D eigenvalue weighted by atomic mass is 10.1. The molecule has 2 heterocycles. The minimum absolute atomic E-state index is 0. The van der Waals surface area contributed by atoms with E-state index < -0.39 is 10.0 Å². The van der Waals surface area contributed by atoms with E-state index in [0.717, 1.165) is 10.9 Å². The number of sulfonamides is 1. The largest absolute Gasteiger partial charge is 0.311 e. The minimum atomic E-state index is -3.55. The monoisotopic (exact) mass is 355 g/mol. The third-order valence-corrected chi connectivity index (χ3v) is 6.39. The van der Waals surface area contributed by atoms with Crippen molar-refractivity contribution in [2.75, 3.05) is 13.1 Å². The highest BCUT2D eigenvalue weighted by molar-refractivity contribution is 7.89. The van der Waals surface area contributed by atoms with Gasteiger partial charge in [-0.2, -0.15) is 4.31 Å². The summed E-state index contributed by atoms with van der Waals surface area (Å²) in [6.07, 6.45) is 1.71. The normalized spacial score (nSPS) is 22.7. The van der Waals surface area contributed by atoms with Crippen LogP contribution < -0.4 is 5.32 Å². The number of halogens is 1. The molecule has 0 saturated carbocycles. The Kier molecular flexibility index (Phi) is 5.30. The van der Waals surface area contributed by atoms with Crippen molar-refractivity contribution in [1.29, 1.82) is 0 Å². The predicted octanol–water partition coefficient (Wildman–Crippen LogP) is 2.34. The molecule has 3 rings (SSSR count). The number of rotatable bonds is 2. The van der Waals surface area contributed by atoms with Crippen LogP contribution in [0.4, 0.5) is 0 Å². The predicted molar refractivity (Wildman–Crippen MR) is 94.5 cm³/mol. The zero-order chi connectivity index (χ0) is 15.9. The van der Waals surface area contributed by atoms with Crippen molar-refractivity contribution in [2.24, 2.45) is 0 Å². The summed E-state index contributed by atoms with van der Waals surface area (Å²) in [4.78, 5) is 4.66. The van der Waals surface area contributed by atoms with Crippen LogP contribution in [0.3, 0.4) is 0 Å². The zero-order valence-corrected chi connectivity index (χ0v) is 15.1. The lowest BCUT2D eigenvalue weighted by Gasteiger charge is -2.37. The molecule has 5 nitrogen and oxygen atoms in total. The summed E-state index contributed by atoms with van der Waals surface area (Å²) in [6.45, 7) is 7.06. The first-order valence-electron chi connectivity index (χ1n) is 7.52. The van der Waals surface area contributed by atoms with Gasteiger partial charge in [0.15, 0.2) is 0 Å². The number of benzene rings is 1. The van der Waals surface area contributed by atoms with Crippen molar-refractivity contribution in [3.05, 3.63) is 36.0 Å². The molecular weight excluding hydrogens is 334 g/mol. The molecular formula is C16H22ClN3O2S. The van der Waals surface area contributed by atoms with E-state index in [1.165, 1.54) is 0 Å². The van der Waals surface area contributed by atoms with Gasteiger partial charge in [-0.1, -0.05) is 12.1 Å². The summed E-state index contributed by atoms with van der Waals surface area (Å²) in [6, 6.07) is 7.35. The molecule has 1 aromatic heterocycles. The van der Waals surface area contributed by atoms with Gasteiger partial charge >= 0.3 is 0 Å². The fourth-order valence-electron chi connectivity index (χ4n) is 2.94. The molecule has 23 heavy (non-hydrogen) atoms. The number of fused-ring (bicyclic) bond motifs is 1. The molecule has 0 radical (unpaired) electrons. The van der Waals surface area contributed by atoms with Crippen LogP contribution in [-0.2, 0) is 10.0 Å². The molecule has 0 amide bonds.